The Morgan fingerprint density at radius 3 is 1.57 bits per heavy atom. The molecule has 0 aliphatic heterocycles. The zero-order valence-electron chi connectivity index (χ0n) is 15.7. The van der Waals surface area contributed by atoms with Crippen molar-refractivity contribution in [2.45, 2.75) is 28.5 Å². The number of nitrogens with one attached hydrogen (secondary N) is 1. The topological polar surface area (TPSA) is 118 Å². The SMILES string of the molecule is CCN(CC)S(=O)(=O)c1ccc(NS(=O)(=O)c2ccc(S(C)(=O)=O)cc2)cc1. The van der Waals surface area contributed by atoms with Crippen LogP contribution in [0.4, 0.5) is 5.69 Å². The van der Waals surface area contributed by atoms with Crippen LogP contribution in [-0.4, -0.2) is 48.9 Å². The van der Waals surface area contributed by atoms with Gasteiger partial charge in [-0.1, -0.05) is 13.8 Å². The Labute approximate surface area is 166 Å². The fourth-order valence-corrected chi connectivity index (χ4v) is 5.63. The van der Waals surface area contributed by atoms with Gasteiger partial charge in [0, 0.05) is 25.0 Å². The molecule has 0 aliphatic carbocycles. The number of rotatable bonds is 8. The van der Waals surface area contributed by atoms with Crippen molar-refractivity contribution in [2.75, 3.05) is 24.1 Å². The summed E-state index contributed by atoms with van der Waals surface area (Å²) in [5.74, 6) is 0. The van der Waals surface area contributed by atoms with Crippen LogP contribution < -0.4 is 4.72 Å². The molecule has 0 saturated heterocycles. The highest BCUT2D eigenvalue weighted by Gasteiger charge is 2.22. The fourth-order valence-electron chi connectivity index (χ4n) is 2.49. The minimum atomic E-state index is -3.95. The Balaban J connectivity index is 2.26. The van der Waals surface area contributed by atoms with E-state index < -0.39 is 29.9 Å². The van der Waals surface area contributed by atoms with Crippen LogP contribution in [0.5, 0.6) is 0 Å². The zero-order chi connectivity index (χ0) is 21.2. The van der Waals surface area contributed by atoms with E-state index in [0.717, 1.165) is 6.26 Å². The Kier molecular flexibility index (Phi) is 6.54. The Bertz CT molecular complexity index is 1130. The van der Waals surface area contributed by atoms with Crippen molar-refractivity contribution in [3.63, 3.8) is 0 Å². The molecule has 0 aliphatic rings. The van der Waals surface area contributed by atoms with Crippen LogP contribution in [0.15, 0.2) is 63.2 Å². The van der Waals surface area contributed by atoms with Crippen molar-refractivity contribution in [3.05, 3.63) is 48.5 Å². The van der Waals surface area contributed by atoms with E-state index in [2.05, 4.69) is 4.72 Å². The molecule has 0 bridgehead atoms. The molecule has 0 spiro atoms. The van der Waals surface area contributed by atoms with E-state index in [1.54, 1.807) is 13.8 Å². The van der Waals surface area contributed by atoms with Gasteiger partial charge in [-0.2, -0.15) is 4.31 Å². The van der Waals surface area contributed by atoms with E-state index in [9.17, 15) is 25.3 Å². The van der Waals surface area contributed by atoms with Gasteiger partial charge in [-0.25, -0.2) is 25.3 Å². The zero-order valence-corrected chi connectivity index (χ0v) is 18.1. The summed E-state index contributed by atoms with van der Waals surface area (Å²) in [5.41, 5.74) is 0.186. The van der Waals surface area contributed by atoms with Gasteiger partial charge < -0.3 is 0 Å². The molecule has 2 aromatic carbocycles. The molecule has 0 saturated carbocycles. The molecule has 154 valence electrons. The molecule has 2 aromatic rings. The van der Waals surface area contributed by atoms with Crippen molar-refractivity contribution >= 4 is 35.6 Å². The van der Waals surface area contributed by atoms with E-state index >= 15 is 0 Å². The molecule has 0 unspecified atom stereocenters. The van der Waals surface area contributed by atoms with E-state index in [-0.39, 0.29) is 20.4 Å². The summed E-state index contributed by atoms with van der Waals surface area (Å²) in [6.45, 7) is 4.13. The van der Waals surface area contributed by atoms with Gasteiger partial charge in [0.2, 0.25) is 10.0 Å². The first kappa shape index (κ1) is 22.3. The van der Waals surface area contributed by atoms with Crippen LogP contribution in [0.25, 0.3) is 0 Å². The van der Waals surface area contributed by atoms with Gasteiger partial charge in [-0.3, -0.25) is 4.72 Å². The van der Waals surface area contributed by atoms with Gasteiger partial charge in [-0.15, -0.1) is 0 Å². The van der Waals surface area contributed by atoms with Crippen LogP contribution >= 0.6 is 0 Å². The molecule has 11 heteroatoms. The maximum Gasteiger partial charge on any atom is 0.261 e. The van der Waals surface area contributed by atoms with E-state index in [1.807, 2.05) is 0 Å². The molecular formula is C17H22N2O6S3. The van der Waals surface area contributed by atoms with Crippen LogP contribution in [0, 0.1) is 0 Å². The lowest BCUT2D eigenvalue weighted by atomic mass is 10.3. The number of hydrogen-bond donors (Lipinski definition) is 1. The largest absolute Gasteiger partial charge is 0.280 e. The van der Waals surface area contributed by atoms with Crippen LogP contribution in [0.1, 0.15) is 13.8 Å². The minimum absolute atomic E-state index is 0.0115. The van der Waals surface area contributed by atoms with Crippen molar-refractivity contribution < 1.29 is 25.3 Å². The molecule has 0 aromatic heterocycles. The average molecular weight is 447 g/mol. The van der Waals surface area contributed by atoms with Gasteiger partial charge in [0.15, 0.2) is 9.84 Å². The maximum absolute atomic E-state index is 12.5. The molecule has 1 N–H and O–H groups in total. The summed E-state index contributed by atoms with van der Waals surface area (Å²) >= 11 is 0. The van der Waals surface area contributed by atoms with E-state index in [1.165, 1.54) is 52.8 Å². The number of sulfonamides is 2. The first-order chi connectivity index (χ1) is 12.9. The normalized spacial score (nSPS) is 12.9. The summed E-state index contributed by atoms with van der Waals surface area (Å²) in [6, 6.07) is 10.2. The number of anilines is 1. The summed E-state index contributed by atoms with van der Waals surface area (Å²) < 4.78 is 76.4. The van der Waals surface area contributed by atoms with Crippen molar-refractivity contribution in [1.82, 2.24) is 4.31 Å². The highest BCUT2D eigenvalue weighted by Crippen LogP contribution is 2.21. The van der Waals surface area contributed by atoms with Crippen molar-refractivity contribution in [3.8, 4) is 0 Å². The predicted octanol–water partition coefficient (Wildman–Crippen LogP) is 1.92. The van der Waals surface area contributed by atoms with Gasteiger partial charge in [0.25, 0.3) is 10.0 Å². The number of benzene rings is 2. The monoisotopic (exact) mass is 446 g/mol. The summed E-state index contributed by atoms with van der Waals surface area (Å²) in [7, 11) is -11.0. The van der Waals surface area contributed by atoms with Crippen molar-refractivity contribution in [2.24, 2.45) is 0 Å². The third kappa shape index (κ3) is 4.90. The quantitative estimate of drug-likeness (QED) is 0.662. The predicted molar refractivity (Wildman–Crippen MR) is 107 cm³/mol. The Hall–Kier alpha value is -1.95. The first-order valence-electron chi connectivity index (χ1n) is 8.35. The Morgan fingerprint density at radius 1 is 0.714 bits per heavy atom. The molecule has 0 fully saturated rings. The lowest BCUT2D eigenvalue weighted by Gasteiger charge is -2.18. The van der Waals surface area contributed by atoms with Crippen molar-refractivity contribution in [1.29, 1.82) is 0 Å². The molecule has 0 heterocycles. The summed E-state index contributed by atoms with van der Waals surface area (Å²) in [4.78, 5) is -0.0335. The Morgan fingerprint density at radius 2 is 1.14 bits per heavy atom. The molecule has 28 heavy (non-hydrogen) atoms. The highest BCUT2D eigenvalue weighted by atomic mass is 32.2. The number of sulfone groups is 1. The smallest absolute Gasteiger partial charge is 0.261 e. The van der Waals surface area contributed by atoms with Gasteiger partial charge >= 0.3 is 0 Å². The average Bonchev–Trinajstić information content (AvgIpc) is 2.62. The standard InChI is InChI=1S/C17H22N2O6S3/c1-4-19(5-2)28(24,25)17-8-6-14(7-9-17)18-27(22,23)16-12-10-15(11-13-16)26(3,20)21/h6-13,18H,4-5H2,1-3H3. The molecule has 0 amide bonds. The molecule has 0 radical (unpaired) electrons. The van der Waals surface area contributed by atoms with Crippen LogP contribution in [0.2, 0.25) is 0 Å². The molecule has 0 atom stereocenters. The lowest BCUT2D eigenvalue weighted by molar-refractivity contribution is 0.445. The second kappa shape index (κ2) is 8.19. The number of nitrogens with zero attached hydrogens (tertiary/aromatic N) is 1. The fraction of sp³-hybridized carbons (Fsp3) is 0.294. The maximum atomic E-state index is 12.5. The summed E-state index contributed by atoms with van der Waals surface area (Å²) in [5, 5.41) is 0. The molecule has 8 nitrogen and oxygen atoms in total. The second-order valence-corrected chi connectivity index (χ2v) is 11.6. The van der Waals surface area contributed by atoms with Gasteiger partial charge in [0.05, 0.1) is 14.7 Å². The van der Waals surface area contributed by atoms with Crippen LogP contribution in [0.3, 0.4) is 0 Å². The van der Waals surface area contributed by atoms with E-state index in [4.69, 9.17) is 0 Å². The molecular weight excluding hydrogens is 424 g/mol. The third-order valence-electron chi connectivity index (χ3n) is 4.01. The first-order valence-corrected chi connectivity index (χ1v) is 13.2. The lowest BCUT2D eigenvalue weighted by Crippen LogP contribution is -2.30. The summed E-state index contributed by atoms with van der Waals surface area (Å²) in [6.07, 6.45) is 1.03. The molecule has 2 rings (SSSR count). The van der Waals surface area contributed by atoms with Crippen LogP contribution in [-0.2, 0) is 29.9 Å². The third-order valence-corrected chi connectivity index (χ3v) is 8.60. The number of hydrogen-bond acceptors (Lipinski definition) is 6. The van der Waals surface area contributed by atoms with E-state index in [0.29, 0.717) is 13.1 Å². The minimum Gasteiger partial charge on any atom is -0.280 e. The highest BCUT2D eigenvalue weighted by molar-refractivity contribution is 7.92. The van der Waals surface area contributed by atoms with Gasteiger partial charge in [0.1, 0.15) is 0 Å². The second-order valence-electron chi connectivity index (χ2n) is 5.96. The van der Waals surface area contributed by atoms with Gasteiger partial charge in [-0.05, 0) is 48.5 Å².